The highest BCUT2D eigenvalue weighted by Gasteiger charge is 1.93. The van der Waals surface area contributed by atoms with Gasteiger partial charge in [-0.15, -0.1) is 0 Å². The lowest BCUT2D eigenvalue weighted by Crippen LogP contribution is -1.75. The van der Waals surface area contributed by atoms with Gasteiger partial charge in [0.15, 0.2) is 0 Å². The summed E-state index contributed by atoms with van der Waals surface area (Å²) in [4.78, 5) is 0. The van der Waals surface area contributed by atoms with Gasteiger partial charge >= 0.3 is 0 Å². The van der Waals surface area contributed by atoms with Gasteiger partial charge in [-0.3, -0.25) is 0 Å². The van der Waals surface area contributed by atoms with E-state index in [1.807, 2.05) is 36.4 Å². The van der Waals surface area contributed by atoms with Crippen molar-refractivity contribution in [3.8, 4) is 5.75 Å². The third kappa shape index (κ3) is 1.25. The normalized spacial score (nSPS) is 10.1. The first-order valence-corrected chi connectivity index (χ1v) is 4.07. The molecule has 0 aliphatic carbocycles. The highest BCUT2D eigenvalue weighted by atomic mass is 32.1. The van der Waals surface area contributed by atoms with Crippen LogP contribution < -0.4 is 4.18 Å². The van der Waals surface area contributed by atoms with E-state index in [2.05, 4.69) is 19.0 Å². The smallest absolute Gasteiger partial charge is 0.137 e. The molecule has 0 amide bonds. The van der Waals surface area contributed by atoms with Crippen LogP contribution in [0, 0.1) is 0 Å². The van der Waals surface area contributed by atoms with Crippen LogP contribution >= 0.6 is 12.9 Å². The Morgan fingerprint density at radius 2 is 1.67 bits per heavy atom. The largest absolute Gasteiger partial charge is 0.429 e. The second-order valence-electron chi connectivity index (χ2n) is 2.60. The Labute approximate surface area is 76.6 Å². The molecular weight excluding hydrogens is 168 g/mol. The van der Waals surface area contributed by atoms with Crippen molar-refractivity contribution in [3.63, 3.8) is 0 Å². The fourth-order valence-electron chi connectivity index (χ4n) is 1.22. The van der Waals surface area contributed by atoms with E-state index in [1.165, 1.54) is 10.8 Å². The van der Waals surface area contributed by atoms with Crippen LogP contribution in [0.2, 0.25) is 0 Å². The Balaban J connectivity index is 2.67. The third-order valence-electron chi connectivity index (χ3n) is 1.83. The maximum Gasteiger partial charge on any atom is 0.137 e. The van der Waals surface area contributed by atoms with E-state index in [4.69, 9.17) is 4.18 Å². The summed E-state index contributed by atoms with van der Waals surface area (Å²) in [6, 6.07) is 14.0. The highest BCUT2D eigenvalue weighted by Crippen LogP contribution is 2.20. The summed E-state index contributed by atoms with van der Waals surface area (Å²) < 4.78 is 4.82. The number of fused-ring (bicyclic) bond motifs is 1. The lowest BCUT2D eigenvalue weighted by Gasteiger charge is -1.99. The van der Waals surface area contributed by atoms with E-state index in [0.29, 0.717) is 0 Å². The van der Waals surface area contributed by atoms with Crippen LogP contribution in [0.3, 0.4) is 0 Å². The Morgan fingerprint density at radius 1 is 0.917 bits per heavy atom. The maximum absolute atomic E-state index is 4.82. The van der Waals surface area contributed by atoms with E-state index in [0.717, 1.165) is 5.75 Å². The van der Waals surface area contributed by atoms with Crippen LogP contribution in [0.25, 0.3) is 10.8 Å². The van der Waals surface area contributed by atoms with Crippen molar-refractivity contribution in [2.45, 2.75) is 0 Å². The fourth-order valence-corrected chi connectivity index (χ4v) is 1.34. The standard InChI is InChI=1S/C10H8OS/c12-11-10-6-5-8-3-1-2-4-9(8)7-10/h1-7,12H. The van der Waals surface area contributed by atoms with E-state index in [-0.39, 0.29) is 0 Å². The van der Waals surface area contributed by atoms with Crippen molar-refractivity contribution in [3.05, 3.63) is 42.5 Å². The first-order chi connectivity index (χ1) is 5.90. The van der Waals surface area contributed by atoms with Gasteiger partial charge in [0, 0.05) is 12.9 Å². The van der Waals surface area contributed by atoms with Gasteiger partial charge in [-0.25, -0.2) is 0 Å². The first-order valence-electron chi connectivity index (χ1n) is 3.70. The first kappa shape index (κ1) is 7.50. The Kier molecular flexibility index (Phi) is 1.92. The minimum atomic E-state index is 0.775. The molecule has 60 valence electrons. The summed E-state index contributed by atoms with van der Waals surface area (Å²) in [6.07, 6.45) is 0. The van der Waals surface area contributed by atoms with Gasteiger partial charge in [0.25, 0.3) is 0 Å². The van der Waals surface area contributed by atoms with Gasteiger partial charge in [-0.05, 0) is 22.9 Å². The molecule has 2 aromatic rings. The molecule has 0 radical (unpaired) electrons. The number of thiol groups is 1. The topological polar surface area (TPSA) is 9.23 Å². The summed E-state index contributed by atoms with van der Waals surface area (Å²) in [5.41, 5.74) is 0. The van der Waals surface area contributed by atoms with Crippen molar-refractivity contribution >= 4 is 23.7 Å². The molecule has 0 aromatic heterocycles. The highest BCUT2D eigenvalue weighted by molar-refractivity contribution is 7.75. The molecule has 0 heterocycles. The van der Waals surface area contributed by atoms with Gasteiger partial charge in [0.1, 0.15) is 5.75 Å². The molecule has 2 heteroatoms. The molecule has 0 aliphatic heterocycles. The minimum absolute atomic E-state index is 0.775. The molecule has 0 aliphatic rings. The van der Waals surface area contributed by atoms with Crippen LogP contribution in [0.4, 0.5) is 0 Å². The Bertz CT molecular complexity index is 398. The quantitative estimate of drug-likeness (QED) is 0.519. The van der Waals surface area contributed by atoms with Gasteiger partial charge in [-0.2, -0.15) is 0 Å². The molecule has 2 aromatic carbocycles. The van der Waals surface area contributed by atoms with E-state index < -0.39 is 0 Å². The molecule has 0 saturated heterocycles. The summed E-state index contributed by atoms with van der Waals surface area (Å²) >= 11 is 3.74. The molecular formula is C10H8OS. The minimum Gasteiger partial charge on any atom is -0.429 e. The zero-order valence-electron chi connectivity index (χ0n) is 6.40. The van der Waals surface area contributed by atoms with Gasteiger partial charge < -0.3 is 4.18 Å². The lowest BCUT2D eigenvalue weighted by atomic mass is 10.1. The average Bonchev–Trinajstić information content (AvgIpc) is 2.17. The van der Waals surface area contributed by atoms with E-state index >= 15 is 0 Å². The predicted octanol–water partition coefficient (Wildman–Crippen LogP) is 3.06. The van der Waals surface area contributed by atoms with Gasteiger partial charge in [0.05, 0.1) is 0 Å². The second kappa shape index (κ2) is 3.07. The molecule has 0 bridgehead atoms. The Morgan fingerprint density at radius 3 is 2.42 bits per heavy atom. The van der Waals surface area contributed by atoms with Gasteiger partial charge in [0.2, 0.25) is 0 Å². The molecule has 0 atom stereocenters. The summed E-state index contributed by atoms with van der Waals surface area (Å²) in [6.45, 7) is 0. The molecule has 0 spiro atoms. The molecule has 2 rings (SSSR count). The van der Waals surface area contributed by atoms with Crippen LogP contribution in [0.15, 0.2) is 42.5 Å². The van der Waals surface area contributed by atoms with Crippen LogP contribution in [0.5, 0.6) is 5.75 Å². The summed E-state index contributed by atoms with van der Waals surface area (Å²) in [7, 11) is 0. The molecule has 1 nitrogen and oxygen atoms in total. The molecule has 0 unspecified atom stereocenters. The predicted molar refractivity (Wildman–Crippen MR) is 53.6 cm³/mol. The number of hydrogen-bond donors (Lipinski definition) is 1. The lowest BCUT2D eigenvalue weighted by molar-refractivity contribution is 0.660. The van der Waals surface area contributed by atoms with Crippen molar-refractivity contribution in [1.82, 2.24) is 0 Å². The Hall–Kier alpha value is -1.15. The molecule has 12 heavy (non-hydrogen) atoms. The SMILES string of the molecule is SOc1ccc2ccccc2c1. The van der Waals surface area contributed by atoms with Crippen molar-refractivity contribution in [2.75, 3.05) is 0 Å². The molecule has 0 N–H and O–H groups in total. The van der Waals surface area contributed by atoms with Gasteiger partial charge in [-0.1, -0.05) is 30.3 Å². The van der Waals surface area contributed by atoms with Crippen LogP contribution in [0.1, 0.15) is 0 Å². The number of benzene rings is 2. The van der Waals surface area contributed by atoms with Crippen molar-refractivity contribution in [1.29, 1.82) is 0 Å². The number of hydrogen-bond acceptors (Lipinski definition) is 2. The van der Waals surface area contributed by atoms with Crippen LogP contribution in [-0.2, 0) is 0 Å². The number of rotatable bonds is 1. The average molecular weight is 176 g/mol. The zero-order valence-corrected chi connectivity index (χ0v) is 7.29. The third-order valence-corrected chi connectivity index (χ3v) is 2.04. The maximum atomic E-state index is 4.82. The summed E-state index contributed by atoms with van der Waals surface area (Å²) in [5, 5.41) is 2.38. The second-order valence-corrected chi connectivity index (χ2v) is 2.78. The zero-order chi connectivity index (χ0) is 8.39. The molecule has 0 saturated carbocycles. The van der Waals surface area contributed by atoms with E-state index in [9.17, 15) is 0 Å². The van der Waals surface area contributed by atoms with Crippen LogP contribution in [-0.4, -0.2) is 0 Å². The fraction of sp³-hybridized carbons (Fsp3) is 0. The summed E-state index contributed by atoms with van der Waals surface area (Å²) in [5.74, 6) is 0.775. The van der Waals surface area contributed by atoms with E-state index in [1.54, 1.807) is 0 Å². The van der Waals surface area contributed by atoms with Crippen molar-refractivity contribution in [2.24, 2.45) is 0 Å². The monoisotopic (exact) mass is 176 g/mol. The molecule has 0 fully saturated rings. The van der Waals surface area contributed by atoms with Crippen molar-refractivity contribution < 1.29 is 4.18 Å².